The Morgan fingerprint density at radius 3 is 3.00 bits per heavy atom. The normalized spacial score (nSPS) is 16.7. The Balaban J connectivity index is 1.91. The predicted octanol–water partition coefficient (Wildman–Crippen LogP) is 0.0281. The molecule has 0 amide bonds. The van der Waals surface area contributed by atoms with E-state index in [9.17, 15) is 8.42 Å². The number of hydrogen-bond acceptors (Lipinski definition) is 4. The summed E-state index contributed by atoms with van der Waals surface area (Å²) in [5.74, 6) is 0.986. The maximum Gasteiger partial charge on any atom is 0.215 e. The Morgan fingerprint density at radius 2 is 2.22 bits per heavy atom. The molecule has 0 aliphatic carbocycles. The molecule has 0 atom stereocenters. The average molecular weight is 272 g/mol. The molecule has 102 valence electrons. The molecule has 0 spiro atoms. The Bertz CT molecular complexity index is 483. The second-order valence-corrected chi connectivity index (χ2v) is 6.52. The van der Waals surface area contributed by atoms with Gasteiger partial charge in [-0.15, -0.1) is 0 Å². The van der Waals surface area contributed by atoms with Gasteiger partial charge in [0.05, 0.1) is 12.3 Å². The lowest BCUT2D eigenvalue weighted by Crippen LogP contribution is -2.41. The fourth-order valence-electron chi connectivity index (χ4n) is 2.02. The molecule has 0 saturated carbocycles. The van der Waals surface area contributed by atoms with Crippen molar-refractivity contribution in [1.82, 2.24) is 19.2 Å². The van der Waals surface area contributed by atoms with Crippen LogP contribution in [0.1, 0.15) is 19.2 Å². The van der Waals surface area contributed by atoms with Crippen LogP contribution in [0.2, 0.25) is 0 Å². The molecule has 1 N–H and O–H groups in total. The maximum atomic E-state index is 12.1. The summed E-state index contributed by atoms with van der Waals surface area (Å²) < 4.78 is 27.8. The molecule has 1 aromatic heterocycles. The van der Waals surface area contributed by atoms with Crippen LogP contribution >= 0.6 is 0 Å². The molecule has 1 aliphatic heterocycles. The van der Waals surface area contributed by atoms with Crippen LogP contribution in [0.4, 0.5) is 0 Å². The molecule has 1 aromatic rings. The zero-order valence-electron chi connectivity index (χ0n) is 10.7. The smallest absolute Gasteiger partial charge is 0.215 e. The highest BCUT2D eigenvalue weighted by molar-refractivity contribution is 7.89. The highest BCUT2D eigenvalue weighted by atomic mass is 32.2. The van der Waals surface area contributed by atoms with E-state index < -0.39 is 10.0 Å². The average Bonchev–Trinajstić information content (AvgIpc) is 2.82. The van der Waals surface area contributed by atoms with Gasteiger partial charge in [-0.3, -0.25) is 0 Å². The van der Waals surface area contributed by atoms with E-state index in [0.717, 1.165) is 18.8 Å². The number of nitrogens with zero attached hydrogens (tertiary/aromatic N) is 3. The summed E-state index contributed by atoms with van der Waals surface area (Å²) in [5.41, 5.74) is 0. The number of sulfonamides is 1. The van der Waals surface area contributed by atoms with Crippen LogP contribution in [-0.2, 0) is 23.1 Å². The summed E-state index contributed by atoms with van der Waals surface area (Å²) >= 11 is 0. The third-order valence-corrected chi connectivity index (χ3v) is 4.89. The zero-order chi connectivity index (χ0) is 13.0. The van der Waals surface area contributed by atoms with Gasteiger partial charge in [0, 0.05) is 32.0 Å². The van der Waals surface area contributed by atoms with Gasteiger partial charge in [-0.2, -0.15) is 4.31 Å². The lowest BCUT2D eigenvalue weighted by Gasteiger charge is -2.26. The highest BCUT2D eigenvalue weighted by Crippen LogP contribution is 2.14. The molecule has 0 fully saturated rings. The van der Waals surface area contributed by atoms with Crippen LogP contribution in [0, 0.1) is 0 Å². The molecule has 0 unspecified atom stereocenters. The van der Waals surface area contributed by atoms with Crippen LogP contribution in [-0.4, -0.2) is 47.7 Å². The number of hydrogen-bond donors (Lipinski definition) is 1. The van der Waals surface area contributed by atoms with Crippen molar-refractivity contribution in [3.63, 3.8) is 0 Å². The quantitative estimate of drug-likeness (QED) is 0.742. The number of rotatable bonds is 6. The van der Waals surface area contributed by atoms with Crippen molar-refractivity contribution in [3.05, 3.63) is 18.2 Å². The molecule has 6 nitrogen and oxygen atoms in total. The molecule has 18 heavy (non-hydrogen) atoms. The van der Waals surface area contributed by atoms with Gasteiger partial charge in [0.1, 0.15) is 5.82 Å². The Kier molecular flexibility index (Phi) is 4.36. The van der Waals surface area contributed by atoms with Gasteiger partial charge in [0.25, 0.3) is 0 Å². The Labute approximate surface area is 108 Å². The molecular formula is C11H20N4O2S. The van der Waals surface area contributed by atoms with Crippen molar-refractivity contribution in [2.24, 2.45) is 0 Å². The lowest BCUT2D eigenvalue weighted by atomic mass is 10.4. The first-order valence-corrected chi connectivity index (χ1v) is 7.93. The van der Waals surface area contributed by atoms with Gasteiger partial charge >= 0.3 is 0 Å². The van der Waals surface area contributed by atoms with E-state index in [1.54, 1.807) is 6.20 Å². The predicted molar refractivity (Wildman–Crippen MR) is 69.6 cm³/mol. The molecule has 0 bridgehead atoms. The number of imidazole rings is 1. The molecule has 7 heteroatoms. The Morgan fingerprint density at radius 1 is 1.39 bits per heavy atom. The topological polar surface area (TPSA) is 67.2 Å². The fraction of sp³-hybridized carbons (Fsp3) is 0.727. The van der Waals surface area contributed by atoms with Crippen molar-refractivity contribution in [3.8, 4) is 0 Å². The second kappa shape index (κ2) is 5.81. The highest BCUT2D eigenvalue weighted by Gasteiger charge is 2.26. The van der Waals surface area contributed by atoms with Gasteiger partial charge in [-0.25, -0.2) is 13.4 Å². The molecular weight excluding hydrogens is 252 g/mol. The van der Waals surface area contributed by atoms with E-state index >= 15 is 0 Å². The standard InChI is InChI=1S/C11H20N4O2S/c1-2-3-12-5-9-18(16,17)15-8-7-14-6-4-13-11(14)10-15/h4,6,12H,2-3,5,7-10H2,1H3. The van der Waals surface area contributed by atoms with Crippen molar-refractivity contribution in [1.29, 1.82) is 0 Å². The van der Waals surface area contributed by atoms with E-state index in [1.807, 2.05) is 10.8 Å². The van der Waals surface area contributed by atoms with E-state index in [1.165, 1.54) is 4.31 Å². The first-order chi connectivity index (χ1) is 8.63. The van der Waals surface area contributed by atoms with Crippen molar-refractivity contribution >= 4 is 10.0 Å². The summed E-state index contributed by atoms with van der Waals surface area (Å²) in [6.45, 7) is 5.06. The van der Waals surface area contributed by atoms with Crippen LogP contribution in [0.15, 0.2) is 12.4 Å². The van der Waals surface area contributed by atoms with Crippen LogP contribution in [0.3, 0.4) is 0 Å². The molecule has 2 heterocycles. The molecule has 2 rings (SSSR count). The molecule has 0 radical (unpaired) electrons. The lowest BCUT2D eigenvalue weighted by molar-refractivity contribution is 0.335. The minimum atomic E-state index is -3.17. The molecule has 1 aliphatic rings. The van der Waals surface area contributed by atoms with Gasteiger partial charge in [-0.05, 0) is 13.0 Å². The minimum absolute atomic E-state index is 0.160. The van der Waals surface area contributed by atoms with Crippen LogP contribution < -0.4 is 5.32 Å². The van der Waals surface area contributed by atoms with Gasteiger partial charge in [0.2, 0.25) is 10.0 Å². The first kappa shape index (κ1) is 13.5. The Hall–Kier alpha value is -0.920. The summed E-state index contributed by atoms with van der Waals surface area (Å²) in [7, 11) is -3.17. The first-order valence-electron chi connectivity index (χ1n) is 6.32. The number of fused-ring (bicyclic) bond motifs is 1. The molecule has 0 saturated heterocycles. The van der Waals surface area contributed by atoms with E-state index in [-0.39, 0.29) is 5.75 Å². The fourth-order valence-corrected chi connectivity index (χ4v) is 3.35. The summed E-state index contributed by atoms with van der Waals surface area (Å²) in [6.07, 6.45) is 4.62. The number of aromatic nitrogens is 2. The van der Waals surface area contributed by atoms with Crippen LogP contribution in [0.25, 0.3) is 0 Å². The van der Waals surface area contributed by atoms with Crippen molar-refractivity contribution in [2.45, 2.75) is 26.4 Å². The van der Waals surface area contributed by atoms with E-state index in [0.29, 0.717) is 26.2 Å². The third-order valence-electron chi connectivity index (χ3n) is 3.07. The van der Waals surface area contributed by atoms with E-state index in [2.05, 4.69) is 17.2 Å². The second-order valence-electron chi connectivity index (χ2n) is 4.44. The van der Waals surface area contributed by atoms with Crippen molar-refractivity contribution < 1.29 is 8.42 Å². The summed E-state index contributed by atoms with van der Waals surface area (Å²) in [5, 5.41) is 3.12. The SMILES string of the molecule is CCCNCCS(=O)(=O)N1CCn2ccnc2C1. The minimum Gasteiger partial charge on any atom is -0.333 e. The zero-order valence-corrected chi connectivity index (χ0v) is 11.5. The van der Waals surface area contributed by atoms with Crippen LogP contribution in [0.5, 0.6) is 0 Å². The number of nitrogens with one attached hydrogen (secondary N) is 1. The van der Waals surface area contributed by atoms with E-state index in [4.69, 9.17) is 0 Å². The van der Waals surface area contributed by atoms with Gasteiger partial charge in [0.15, 0.2) is 0 Å². The largest absolute Gasteiger partial charge is 0.333 e. The third kappa shape index (κ3) is 3.09. The van der Waals surface area contributed by atoms with Gasteiger partial charge < -0.3 is 9.88 Å². The summed E-state index contributed by atoms with van der Waals surface area (Å²) in [6, 6.07) is 0. The van der Waals surface area contributed by atoms with Crippen molar-refractivity contribution in [2.75, 3.05) is 25.4 Å². The maximum absolute atomic E-state index is 12.1. The van der Waals surface area contributed by atoms with Gasteiger partial charge in [-0.1, -0.05) is 6.92 Å². The molecule has 0 aromatic carbocycles. The monoisotopic (exact) mass is 272 g/mol. The summed E-state index contributed by atoms with van der Waals surface area (Å²) in [4.78, 5) is 4.17.